The smallest absolute Gasteiger partial charge is 0.0255 e. The van der Waals surface area contributed by atoms with Crippen LogP contribution in [0, 0.1) is 48.4 Å². The lowest BCUT2D eigenvalue weighted by atomic mass is 9.89. The first-order valence-corrected chi connectivity index (χ1v) is 31.2. The number of benzene rings is 11. The van der Waals surface area contributed by atoms with Gasteiger partial charge in [0.25, 0.3) is 0 Å². The molecule has 0 amide bonds. The summed E-state index contributed by atoms with van der Waals surface area (Å²) < 4.78 is 0. The van der Waals surface area contributed by atoms with Crippen LogP contribution < -0.4 is 0 Å². The quantitative estimate of drug-likeness (QED) is 0.0940. The maximum Gasteiger partial charge on any atom is 0.0255 e. The van der Waals surface area contributed by atoms with Gasteiger partial charge >= 0.3 is 0 Å². The highest BCUT2D eigenvalue weighted by atomic mass is 14.2. The molecule has 0 fully saturated rings. The molecule has 11 aromatic rings. The fourth-order valence-electron chi connectivity index (χ4n) is 11.7. The van der Waals surface area contributed by atoms with Crippen molar-refractivity contribution in [3.63, 3.8) is 0 Å². The van der Waals surface area contributed by atoms with Crippen molar-refractivity contribution in [2.75, 3.05) is 0 Å². The average molecular weight is 1110 g/mol. The van der Waals surface area contributed by atoms with E-state index in [2.05, 4.69) is 275 Å². The van der Waals surface area contributed by atoms with E-state index in [4.69, 9.17) is 0 Å². The Morgan fingerprint density at radius 3 is 1.34 bits per heavy atom. The van der Waals surface area contributed by atoms with E-state index >= 15 is 0 Å². The number of hydrogen-bond acceptors (Lipinski definition) is 0. The minimum absolute atomic E-state index is 0.777. The van der Waals surface area contributed by atoms with Crippen LogP contribution in [-0.4, -0.2) is 0 Å². The topological polar surface area (TPSA) is 0 Å². The van der Waals surface area contributed by atoms with E-state index < -0.39 is 0 Å². The zero-order valence-corrected chi connectivity index (χ0v) is 51.4. The van der Waals surface area contributed by atoms with E-state index in [-0.39, 0.29) is 0 Å². The summed E-state index contributed by atoms with van der Waals surface area (Å²) in [4.78, 5) is 0. The molecule has 0 N–H and O–H groups in total. The molecule has 0 bridgehead atoms. The fraction of sp³-hybridized carbons (Fsp3) is 0.186. The van der Waals surface area contributed by atoms with Gasteiger partial charge in [0.2, 0.25) is 0 Å². The Morgan fingerprint density at radius 2 is 0.802 bits per heavy atom. The third-order valence-corrected chi connectivity index (χ3v) is 16.7. The maximum absolute atomic E-state index is 3.50. The molecule has 11 aromatic carbocycles. The first-order chi connectivity index (χ1) is 42.1. The molecular weight excluding hydrogens is 1030 g/mol. The Labute approximate surface area is 511 Å². The Morgan fingerprint density at radius 1 is 0.360 bits per heavy atom. The van der Waals surface area contributed by atoms with Gasteiger partial charge in [-0.15, -0.1) is 0 Å². The molecule has 86 heavy (non-hydrogen) atoms. The second-order valence-electron chi connectivity index (χ2n) is 23.0. The van der Waals surface area contributed by atoms with Crippen molar-refractivity contribution < 1.29 is 0 Å². The highest BCUT2D eigenvalue weighted by molar-refractivity contribution is 6.09. The van der Waals surface area contributed by atoms with Crippen LogP contribution in [0.2, 0.25) is 0 Å². The molecule has 1 atom stereocenters. The Hall–Kier alpha value is -9.64. The fourth-order valence-corrected chi connectivity index (χ4v) is 11.7. The molecule has 3 aliphatic rings. The van der Waals surface area contributed by atoms with Crippen LogP contribution in [0.4, 0.5) is 0 Å². The summed E-state index contributed by atoms with van der Waals surface area (Å²) in [5, 5.41) is 17.7. The molecule has 0 heteroatoms. The van der Waals surface area contributed by atoms with Gasteiger partial charge in [-0.05, 0) is 302 Å². The zero-order valence-electron chi connectivity index (χ0n) is 51.4. The van der Waals surface area contributed by atoms with Gasteiger partial charge in [-0.25, -0.2) is 0 Å². The molecule has 0 aromatic heterocycles. The number of fused-ring (bicyclic) bond motifs is 8. The molecule has 0 heterocycles. The number of aryl methyl sites for hydroxylation is 2. The highest BCUT2D eigenvalue weighted by Gasteiger charge is 2.13. The number of rotatable bonds is 3. The van der Waals surface area contributed by atoms with Gasteiger partial charge in [-0.1, -0.05) is 184 Å². The third kappa shape index (κ3) is 14.0. The lowest BCUT2D eigenvalue weighted by molar-refractivity contribution is 0.520. The molecule has 14 rings (SSSR count). The zero-order chi connectivity index (χ0) is 59.5. The van der Waals surface area contributed by atoms with Crippen LogP contribution in [0.3, 0.4) is 0 Å². The molecule has 0 radical (unpaired) electrons. The number of allylic oxidation sites excluding steroid dienone is 8. The standard InChI is InChI=1S/C64H48.C18H16.2C2H6/c1-41-3-7-43(8-4-41)11-13-45-17-21-49-29-57-39-63-35-55-27-47(19-23-51(55)31-59(63)37-61(57)33-53(49)25-45)15-16-48-20-24-52-32-60-38-62-34-54-26-46(14-12-44-9-5-42(2)6-10-44)18-22-50(54)30-58(62)40-64(60)36-56(52)28-48;1-3-4-16-9-11-18(12-10-16)14-13-17-7-5-15(2)6-8-17;2*1-2/h3,7,9,15-16,18-20,22-40,42H,4-6,8,10,17,21H2,1-2H3;3-12H,1-2H3;2*1-2H3/b16-15+;4-3+;;. The third-order valence-electron chi connectivity index (χ3n) is 16.7. The van der Waals surface area contributed by atoms with Gasteiger partial charge in [0, 0.05) is 27.8 Å². The van der Waals surface area contributed by atoms with Crippen molar-refractivity contribution in [1.29, 1.82) is 0 Å². The van der Waals surface area contributed by atoms with Crippen LogP contribution in [0.5, 0.6) is 0 Å². The molecule has 0 spiro atoms. The molecular formula is C86H76. The summed E-state index contributed by atoms with van der Waals surface area (Å²) in [6.45, 7) is 16.6. The first-order valence-electron chi connectivity index (χ1n) is 31.2. The molecule has 3 aliphatic carbocycles. The molecule has 420 valence electrons. The SMILES string of the molecule is C/C=C/c1ccc(C#Cc2ccc(C)cc2)cc1.CC.CC.CC1=CC=C(C#CC2=Cc3cc4cc5cc6ccc(/C=C/c7ccc8cc9cc%10cc%11cc(C#CC%12=CCC(C)CC%12)ccc%11cc%10cc9cc8c7)cc6cc5cc4cc3CC2)CC1. The van der Waals surface area contributed by atoms with E-state index in [1.54, 1.807) is 0 Å². The predicted octanol–water partition coefficient (Wildman–Crippen LogP) is 23.5. The summed E-state index contributed by atoms with van der Waals surface area (Å²) in [5.41, 5.74) is 16.0. The van der Waals surface area contributed by atoms with Gasteiger partial charge in [0.1, 0.15) is 0 Å². The summed E-state index contributed by atoms with van der Waals surface area (Å²) in [5.74, 6) is 21.0. The van der Waals surface area contributed by atoms with Crippen molar-refractivity contribution in [3.8, 4) is 35.5 Å². The van der Waals surface area contributed by atoms with Crippen molar-refractivity contribution >= 4 is 99.7 Å². The van der Waals surface area contributed by atoms with Crippen LogP contribution in [0.25, 0.3) is 99.7 Å². The van der Waals surface area contributed by atoms with E-state index in [9.17, 15) is 0 Å². The largest absolute Gasteiger partial charge is 0.0871 e. The van der Waals surface area contributed by atoms with Crippen LogP contribution in [0.15, 0.2) is 223 Å². The van der Waals surface area contributed by atoms with E-state index in [0.29, 0.717) is 0 Å². The normalized spacial score (nSPS) is 14.4. The van der Waals surface area contributed by atoms with Gasteiger partial charge in [-0.3, -0.25) is 0 Å². The molecule has 0 saturated heterocycles. The molecule has 1 unspecified atom stereocenters. The van der Waals surface area contributed by atoms with Gasteiger partial charge < -0.3 is 0 Å². The lowest BCUT2D eigenvalue weighted by Crippen LogP contribution is -1.99. The van der Waals surface area contributed by atoms with Gasteiger partial charge in [0.15, 0.2) is 0 Å². The summed E-state index contributed by atoms with van der Waals surface area (Å²) in [6, 6.07) is 65.1. The van der Waals surface area contributed by atoms with Crippen molar-refractivity contribution in [2.45, 2.75) is 100 Å². The van der Waals surface area contributed by atoms with Gasteiger partial charge in [-0.2, -0.15) is 0 Å². The Kier molecular flexibility index (Phi) is 18.2. The highest BCUT2D eigenvalue weighted by Crippen LogP contribution is 2.35. The maximum atomic E-state index is 3.50. The number of hydrogen-bond donors (Lipinski definition) is 0. The van der Waals surface area contributed by atoms with Crippen molar-refractivity contribution in [1.82, 2.24) is 0 Å². The van der Waals surface area contributed by atoms with E-state index in [1.165, 1.54) is 138 Å². The Balaban J connectivity index is 0.000000297. The molecule has 0 nitrogen and oxygen atoms in total. The monoisotopic (exact) mass is 1110 g/mol. The van der Waals surface area contributed by atoms with Crippen LogP contribution in [0.1, 0.15) is 137 Å². The predicted molar refractivity (Wildman–Crippen MR) is 378 cm³/mol. The Bertz CT molecular complexity index is 4790. The second-order valence-corrected chi connectivity index (χ2v) is 23.0. The minimum atomic E-state index is 0.777. The van der Waals surface area contributed by atoms with Crippen molar-refractivity contribution in [2.24, 2.45) is 5.92 Å². The molecule has 0 saturated carbocycles. The summed E-state index contributed by atoms with van der Waals surface area (Å²) >= 11 is 0. The van der Waals surface area contributed by atoms with Crippen LogP contribution >= 0.6 is 0 Å². The lowest BCUT2D eigenvalue weighted by Gasteiger charge is -2.15. The summed E-state index contributed by atoms with van der Waals surface area (Å²) in [7, 11) is 0. The summed E-state index contributed by atoms with van der Waals surface area (Å²) in [6.07, 6.45) is 25.4. The minimum Gasteiger partial charge on any atom is -0.0871 e. The van der Waals surface area contributed by atoms with E-state index in [0.717, 1.165) is 61.1 Å². The molecule has 0 aliphatic heterocycles. The average Bonchev–Trinajstić information content (AvgIpc) is 1.34. The van der Waals surface area contributed by atoms with E-state index in [1.807, 2.05) is 40.7 Å². The van der Waals surface area contributed by atoms with Crippen molar-refractivity contribution in [3.05, 3.63) is 273 Å². The van der Waals surface area contributed by atoms with Gasteiger partial charge in [0.05, 0.1) is 0 Å². The second kappa shape index (κ2) is 26.9. The van der Waals surface area contributed by atoms with Crippen LogP contribution in [-0.2, 0) is 6.42 Å². The first kappa shape index (κ1) is 58.1.